The average molecular weight is 444 g/mol. The topological polar surface area (TPSA) is 122 Å². The molecule has 0 unspecified atom stereocenters. The second-order valence-corrected chi connectivity index (χ2v) is 7.97. The predicted octanol–water partition coefficient (Wildman–Crippen LogP) is 2.38. The lowest BCUT2D eigenvalue weighted by Gasteiger charge is -2.15. The monoisotopic (exact) mass is 444 g/mol. The van der Waals surface area contributed by atoms with Crippen molar-refractivity contribution in [2.24, 2.45) is 5.10 Å². The van der Waals surface area contributed by atoms with Crippen molar-refractivity contribution in [2.75, 3.05) is 13.6 Å². The molecule has 30 heavy (non-hydrogen) atoms. The van der Waals surface area contributed by atoms with Crippen LogP contribution in [0.5, 0.6) is 0 Å². The smallest absolute Gasteiger partial charge is 0.272 e. The maximum atomic E-state index is 12.5. The Morgan fingerprint density at radius 3 is 2.23 bits per heavy atom. The molecule has 0 spiro atoms. The van der Waals surface area contributed by atoms with Gasteiger partial charge < -0.3 is 0 Å². The molecule has 9 nitrogen and oxygen atoms in total. The van der Waals surface area contributed by atoms with Crippen LogP contribution in [0.4, 0.5) is 18.9 Å². The fraction of sp³-hybridized carbons (Fsp3) is 0.176. The molecule has 0 aliphatic heterocycles. The highest BCUT2D eigenvalue weighted by atomic mass is 32.2. The minimum atomic E-state index is -4.47. The molecule has 0 saturated carbocycles. The molecule has 0 aliphatic rings. The number of halogens is 3. The lowest BCUT2D eigenvalue weighted by atomic mass is 10.1. The molecule has 0 saturated heterocycles. The Bertz CT molecular complexity index is 1050. The van der Waals surface area contributed by atoms with Gasteiger partial charge in [0.05, 0.1) is 28.1 Å². The minimum absolute atomic E-state index is 0.239. The second-order valence-electron chi connectivity index (χ2n) is 5.93. The molecule has 1 N–H and O–H groups in total. The Labute approximate surface area is 169 Å². The SMILES string of the molecule is CN(CC(=O)NN=Cc1ccc(C(F)(F)F)cc1)S(=O)(=O)c1ccc([N+](=O)[O-])cc1. The lowest BCUT2D eigenvalue weighted by molar-refractivity contribution is -0.384. The lowest BCUT2D eigenvalue weighted by Crippen LogP contribution is -2.36. The van der Waals surface area contributed by atoms with Gasteiger partial charge in [-0.1, -0.05) is 12.1 Å². The van der Waals surface area contributed by atoms with E-state index >= 15 is 0 Å². The number of nitrogens with one attached hydrogen (secondary N) is 1. The number of nitrogens with zero attached hydrogens (tertiary/aromatic N) is 3. The molecular weight excluding hydrogens is 429 g/mol. The van der Waals surface area contributed by atoms with Crippen LogP contribution in [0.1, 0.15) is 11.1 Å². The number of hydrogen-bond acceptors (Lipinski definition) is 6. The molecule has 160 valence electrons. The van der Waals surface area contributed by atoms with Crippen molar-refractivity contribution >= 4 is 27.8 Å². The molecule has 0 aromatic heterocycles. The summed E-state index contributed by atoms with van der Waals surface area (Å²) in [5.41, 5.74) is 1.24. The number of amides is 1. The van der Waals surface area contributed by atoms with Gasteiger partial charge in [-0.3, -0.25) is 14.9 Å². The summed E-state index contributed by atoms with van der Waals surface area (Å²) in [5, 5.41) is 14.2. The zero-order chi connectivity index (χ0) is 22.5. The molecule has 1 amide bonds. The van der Waals surface area contributed by atoms with E-state index in [-0.39, 0.29) is 16.1 Å². The van der Waals surface area contributed by atoms with E-state index < -0.39 is 39.1 Å². The highest BCUT2D eigenvalue weighted by molar-refractivity contribution is 7.89. The molecule has 0 bridgehead atoms. The second kappa shape index (κ2) is 9.00. The van der Waals surface area contributed by atoms with Gasteiger partial charge in [0.25, 0.3) is 11.6 Å². The fourth-order valence-electron chi connectivity index (χ4n) is 2.18. The molecule has 13 heteroatoms. The van der Waals surface area contributed by atoms with Crippen LogP contribution in [0.3, 0.4) is 0 Å². The summed E-state index contributed by atoms with van der Waals surface area (Å²) < 4.78 is 63.0. The van der Waals surface area contributed by atoms with Crippen LogP contribution in [0.15, 0.2) is 58.5 Å². The summed E-state index contributed by atoms with van der Waals surface area (Å²) in [6.45, 7) is -0.607. The van der Waals surface area contributed by atoms with Gasteiger partial charge in [-0.15, -0.1) is 0 Å². The zero-order valence-electron chi connectivity index (χ0n) is 15.3. The highest BCUT2D eigenvalue weighted by Gasteiger charge is 2.29. The number of carbonyl (C=O) groups is 1. The normalized spacial score (nSPS) is 12.3. The summed E-state index contributed by atoms with van der Waals surface area (Å²) in [4.78, 5) is 21.6. The third-order valence-corrected chi connectivity index (χ3v) is 5.58. The largest absolute Gasteiger partial charge is 0.416 e. The first kappa shape index (κ1) is 23.0. The van der Waals surface area contributed by atoms with Gasteiger partial charge in [0.15, 0.2) is 0 Å². The number of benzene rings is 2. The Kier molecular flexibility index (Phi) is 6.89. The summed E-state index contributed by atoms with van der Waals surface area (Å²) in [5.74, 6) is -0.800. The quantitative estimate of drug-likeness (QED) is 0.399. The number of nitro groups is 1. The fourth-order valence-corrected chi connectivity index (χ4v) is 3.31. The Balaban J connectivity index is 1.96. The number of rotatable bonds is 7. The van der Waals surface area contributed by atoms with E-state index in [1.165, 1.54) is 0 Å². The number of sulfonamides is 1. The van der Waals surface area contributed by atoms with Crippen molar-refractivity contribution in [3.63, 3.8) is 0 Å². The Morgan fingerprint density at radius 1 is 1.17 bits per heavy atom. The van der Waals surface area contributed by atoms with Gasteiger partial charge in [0.2, 0.25) is 10.0 Å². The van der Waals surface area contributed by atoms with Gasteiger partial charge in [-0.25, -0.2) is 13.8 Å². The molecular formula is C17H15F3N4O5S. The maximum absolute atomic E-state index is 12.5. The van der Waals surface area contributed by atoms with Crippen molar-refractivity contribution < 1.29 is 31.3 Å². The van der Waals surface area contributed by atoms with Crippen LogP contribution in [0.2, 0.25) is 0 Å². The van der Waals surface area contributed by atoms with E-state index in [0.717, 1.165) is 66.1 Å². The Morgan fingerprint density at radius 2 is 1.73 bits per heavy atom. The van der Waals surface area contributed by atoms with Gasteiger partial charge in [-0.2, -0.15) is 22.6 Å². The van der Waals surface area contributed by atoms with Crippen LogP contribution in [-0.4, -0.2) is 43.4 Å². The van der Waals surface area contributed by atoms with E-state index in [4.69, 9.17) is 0 Å². The van der Waals surface area contributed by atoms with Gasteiger partial charge in [0, 0.05) is 19.2 Å². The van der Waals surface area contributed by atoms with Crippen LogP contribution >= 0.6 is 0 Å². The molecule has 0 fully saturated rings. The number of alkyl halides is 3. The van der Waals surface area contributed by atoms with Crippen molar-refractivity contribution in [1.82, 2.24) is 9.73 Å². The highest BCUT2D eigenvalue weighted by Crippen LogP contribution is 2.28. The van der Waals surface area contributed by atoms with Crippen molar-refractivity contribution in [2.45, 2.75) is 11.1 Å². The first-order valence-corrected chi connectivity index (χ1v) is 9.55. The molecule has 0 heterocycles. The van der Waals surface area contributed by atoms with Crippen molar-refractivity contribution in [3.8, 4) is 0 Å². The van der Waals surface area contributed by atoms with E-state index in [1.807, 2.05) is 0 Å². The van der Waals surface area contributed by atoms with E-state index in [0.29, 0.717) is 0 Å². The molecule has 2 aromatic carbocycles. The average Bonchev–Trinajstić information content (AvgIpc) is 2.67. The summed E-state index contributed by atoms with van der Waals surface area (Å²) >= 11 is 0. The molecule has 0 atom stereocenters. The van der Waals surface area contributed by atoms with Gasteiger partial charge >= 0.3 is 6.18 Å². The number of hydrogen-bond donors (Lipinski definition) is 1. The van der Waals surface area contributed by atoms with E-state index in [2.05, 4.69) is 10.5 Å². The van der Waals surface area contributed by atoms with Crippen molar-refractivity contribution in [3.05, 3.63) is 69.8 Å². The predicted molar refractivity (Wildman–Crippen MR) is 100 cm³/mol. The van der Waals surface area contributed by atoms with Gasteiger partial charge in [0.1, 0.15) is 0 Å². The minimum Gasteiger partial charge on any atom is -0.272 e. The number of nitro benzene ring substituents is 1. The van der Waals surface area contributed by atoms with Crippen LogP contribution in [-0.2, 0) is 21.0 Å². The van der Waals surface area contributed by atoms with Crippen molar-refractivity contribution in [1.29, 1.82) is 0 Å². The van der Waals surface area contributed by atoms with E-state index in [9.17, 15) is 36.5 Å². The summed E-state index contributed by atoms with van der Waals surface area (Å²) in [7, 11) is -2.95. The first-order chi connectivity index (χ1) is 13.9. The van der Waals surface area contributed by atoms with E-state index in [1.54, 1.807) is 0 Å². The summed E-state index contributed by atoms with van der Waals surface area (Å²) in [6.07, 6.45) is -3.37. The number of hydrazone groups is 1. The number of non-ortho nitro benzene ring substituents is 1. The third-order valence-electron chi connectivity index (χ3n) is 3.76. The van der Waals surface area contributed by atoms with Crippen LogP contribution < -0.4 is 5.43 Å². The number of likely N-dealkylation sites (N-methyl/N-ethyl adjacent to an activating group) is 1. The van der Waals surface area contributed by atoms with Crippen LogP contribution in [0, 0.1) is 10.1 Å². The maximum Gasteiger partial charge on any atom is 0.416 e. The Hall–Kier alpha value is -3.32. The van der Waals surface area contributed by atoms with Crippen LogP contribution in [0.25, 0.3) is 0 Å². The first-order valence-electron chi connectivity index (χ1n) is 8.11. The molecule has 0 aliphatic carbocycles. The zero-order valence-corrected chi connectivity index (χ0v) is 16.1. The number of carbonyl (C=O) groups excluding carboxylic acids is 1. The standard InChI is InChI=1S/C17H15F3N4O5S/c1-23(30(28,29)15-8-6-14(7-9-15)24(26)27)11-16(25)22-21-10-12-2-4-13(5-3-12)17(18,19)20/h2-10H,11H2,1H3,(H,22,25). The molecule has 2 rings (SSSR count). The molecule has 0 radical (unpaired) electrons. The molecule has 2 aromatic rings. The third kappa shape index (κ3) is 5.84. The summed E-state index contributed by atoms with van der Waals surface area (Å²) in [6, 6.07) is 8.16. The van der Waals surface area contributed by atoms with Gasteiger partial charge in [-0.05, 0) is 29.8 Å².